The zero-order chi connectivity index (χ0) is 11.4. The summed E-state index contributed by atoms with van der Waals surface area (Å²) in [4.78, 5) is 23.3. The lowest BCUT2D eigenvalue weighted by atomic mass is 10.2. The molecule has 0 aromatic heterocycles. The number of likely N-dealkylation sites (N-methyl/N-ethyl adjacent to an activating group) is 1. The molecule has 5 nitrogen and oxygen atoms in total. The molecule has 5 heteroatoms. The lowest BCUT2D eigenvalue weighted by Gasteiger charge is -2.24. The highest BCUT2D eigenvalue weighted by Crippen LogP contribution is 2.34. The smallest absolute Gasteiger partial charge is 0.329 e. The maximum atomic E-state index is 11.5. The van der Waals surface area contributed by atoms with Crippen LogP contribution in [0.4, 0.5) is 0 Å². The first-order valence-electron chi connectivity index (χ1n) is 5.07. The maximum Gasteiger partial charge on any atom is 0.329 e. The van der Waals surface area contributed by atoms with Crippen molar-refractivity contribution in [1.82, 2.24) is 4.90 Å². The second-order valence-electron chi connectivity index (χ2n) is 3.97. The van der Waals surface area contributed by atoms with Crippen LogP contribution < -0.4 is 0 Å². The highest BCUT2D eigenvalue weighted by Gasteiger charge is 2.32. The number of rotatable bonds is 6. The molecule has 1 aliphatic rings. The standard InChI is InChI=1S/C10H17NO4/c1-7(8-3-4-8)11(2)9(12)5-15-6-10(13)14/h7-8H,3-6H2,1-2H3,(H,13,14). The fourth-order valence-corrected chi connectivity index (χ4v) is 1.45. The van der Waals surface area contributed by atoms with Gasteiger partial charge < -0.3 is 14.7 Å². The van der Waals surface area contributed by atoms with Gasteiger partial charge >= 0.3 is 5.97 Å². The number of carboxylic acid groups (broad SMARTS) is 1. The molecular weight excluding hydrogens is 198 g/mol. The van der Waals surface area contributed by atoms with Crippen LogP contribution in [-0.2, 0) is 14.3 Å². The molecule has 1 unspecified atom stereocenters. The van der Waals surface area contributed by atoms with Crippen molar-refractivity contribution < 1.29 is 19.4 Å². The van der Waals surface area contributed by atoms with Crippen molar-refractivity contribution in [3.05, 3.63) is 0 Å². The van der Waals surface area contributed by atoms with Crippen LogP contribution in [0.5, 0.6) is 0 Å². The van der Waals surface area contributed by atoms with E-state index in [2.05, 4.69) is 0 Å². The predicted molar refractivity (Wildman–Crippen MR) is 53.4 cm³/mol. The largest absolute Gasteiger partial charge is 0.480 e. The van der Waals surface area contributed by atoms with Gasteiger partial charge in [0.25, 0.3) is 0 Å². The Labute approximate surface area is 89.0 Å². The molecule has 0 aliphatic heterocycles. The molecule has 0 aromatic carbocycles. The maximum absolute atomic E-state index is 11.5. The van der Waals surface area contributed by atoms with Gasteiger partial charge in [-0.3, -0.25) is 4.79 Å². The van der Waals surface area contributed by atoms with E-state index in [9.17, 15) is 9.59 Å². The summed E-state index contributed by atoms with van der Waals surface area (Å²) >= 11 is 0. The molecule has 0 radical (unpaired) electrons. The first kappa shape index (κ1) is 12.0. The SMILES string of the molecule is CC(C1CC1)N(C)C(=O)COCC(=O)O. The monoisotopic (exact) mass is 215 g/mol. The van der Waals surface area contributed by atoms with E-state index >= 15 is 0 Å². The van der Waals surface area contributed by atoms with Gasteiger partial charge in [0, 0.05) is 13.1 Å². The molecular formula is C10H17NO4. The molecule has 1 atom stereocenters. The Hall–Kier alpha value is -1.10. The quantitative estimate of drug-likeness (QED) is 0.694. The average molecular weight is 215 g/mol. The van der Waals surface area contributed by atoms with Crippen LogP contribution >= 0.6 is 0 Å². The van der Waals surface area contributed by atoms with Crippen molar-refractivity contribution in [2.24, 2.45) is 5.92 Å². The van der Waals surface area contributed by atoms with E-state index in [1.165, 1.54) is 12.8 Å². The summed E-state index contributed by atoms with van der Waals surface area (Å²) in [6, 6.07) is 0.228. The molecule has 0 aromatic rings. The Morgan fingerprint density at radius 1 is 1.47 bits per heavy atom. The highest BCUT2D eigenvalue weighted by atomic mass is 16.5. The van der Waals surface area contributed by atoms with Crippen LogP contribution in [0.15, 0.2) is 0 Å². The van der Waals surface area contributed by atoms with Crippen molar-refractivity contribution in [3.8, 4) is 0 Å². The number of aliphatic carboxylic acids is 1. The Morgan fingerprint density at radius 3 is 2.53 bits per heavy atom. The number of hydrogen-bond donors (Lipinski definition) is 1. The molecule has 1 saturated carbocycles. The minimum Gasteiger partial charge on any atom is -0.480 e. The lowest BCUT2D eigenvalue weighted by Crippen LogP contribution is -2.39. The van der Waals surface area contributed by atoms with Gasteiger partial charge in [-0.05, 0) is 25.7 Å². The summed E-state index contributed by atoms with van der Waals surface area (Å²) in [6.45, 7) is 1.43. The normalized spacial score (nSPS) is 17.2. The van der Waals surface area contributed by atoms with Crippen molar-refractivity contribution in [2.45, 2.75) is 25.8 Å². The van der Waals surface area contributed by atoms with E-state index in [4.69, 9.17) is 9.84 Å². The Kier molecular flexibility index (Phi) is 4.08. The van der Waals surface area contributed by atoms with Gasteiger partial charge in [-0.1, -0.05) is 0 Å². The number of ether oxygens (including phenoxy) is 1. The number of carbonyl (C=O) groups is 2. The lowest BCUT2D eigenvalue weighted by molar-refractivity contribution is -0.146. The third-order valence-corrected chi connectivity index (χ3v) is 2.76. The minimum absolute atomic E-state index is 0.153. The fourth-order valence-electron chi connectivity index (χ4n) is 1.45. The zero-order valence-electron chi connectivity index (χ0n) is 9.10. The first-order valence-corrected chi connectivity index (χ1v) is 5.07. The van der Waals surface area contributed by atoms with Gasteiger partial charge in [-0.2, -0.15) is 0 Å². The van der Waals surface area contributed by atoms with E-state index in [-0.39, 0.29) is 18.6 Å². The Balaban J connectivity index is 2.22. The molecule has 0 bridgehead atoms. The zero-order valence-corrected chi connectivity index (χ0v) is 9.10. The topological polar surface area (TPSA) is 66.8 Å². The van der Waals surface area contributed by atoms with Crippen LogP contribution in [0, 0.1) is 5.92 Å². The molecule has 1 fully saturated rings. The van der Waals surface area contributed by atoms with Crippen molar-refractivity contribution in [2.75, 3.05) is 20.3 Å². The third-order valence-electron chi connectivity index (χ3n) is 2.76. The van der Waals surface area contributed by atoms with E-state index in [0.29, 0.717) is 5.92 Å². The summed E-state index contributed by atoms with van der Waals surface area (Å²) in [5.74, 6) is -0.602. The Bertz CT molecular complexity index is 250. The van der Waals surface area contributed by atoms with Gasteiger partial charge in [0.2, 0.25) is 5.91 Å². The van der Waals surface area contributed by atoms with Gasteiger partial charge in [0.15, 0.2) is 0 Å². The van der Waals surface area contributed by atoms with Crippen molar-refractivity contribution in [1.29, 1.82) is 0 Å². The molecule has 1 N–H and O–H groups in total. The minimum atomic E-state index is -1.05. The van der Waals surface area contributed by atoms with Crippen molar-refractivity contribution in [3.63, 3.8) is 0 Å². The van der Waals surface area contributed by atoms with Gasteiger partial charge in [0.05, 0.1) is 0 Å². The van der Waals surface area contributed by atoms with E-state index in [1.807, 2.05) is 6.92 Å². The first-order chi connectivity index (χ1) is 7.02. The number of hydrogen-bond acceptors (Lipinski definition) is 3. The number of carboxylic acids is 1. The molecule has 0 heterocycles. The highest BCUT2D eigenvalue weighted by molar-refractivity contribution is 5.78. The molecule has 0 saturated heterocycles. The van der Waals surface area contributed by atoms with Crippen LogP contribution in [0.1, 0.15) is 19.8 Å². The second kappa shape index (κ2) is 5.11. The number of carbonyl (C=O) groups excluding carboxylic acids is 1. The second-order valence-corrected chi connectivity index (χ2v) is 3.97. The van der Waals surface area contributed by atoms with Gasteiger partial charge in [-0.25, -0.2) is 4.79 Å². The Morgan fingerprint density at radius 2 is 2.07 bits per heavy atom. The fraction of sp³-hybridized carbons (Fsp3) is 0.800. The summed E-state index contributed by atoms with van der Waals surface area (Å²) in [5.41, 5.74) is 0. The van der Waals surface area contributed by atoms with Crippen LogP contribution in [0.3, 0.4) is 0 Å². The molecule has 1 rings (SSSR count). The van der Waals surface area contributed by atoms with Crippen LogP contribution in [0.2, 0.25) is 0 Å². The van der Waals surface area contributed by atoms with E-state index in [0.717, 1.165) is 0 Å². The summed E-state index contributed by atoms with van der Waals surface area (Å²) in [7, 11) is 1.73. The number of nitrogens with zero attached hydrogens (tertiary/aromatic N) is 1. The molecule has 15 heavy (non-hydrogen) atoms. The molecule has 86 valence electrons. The van der Waals surface area contributed by atoms with E-state index in [1.54, 1.807) is 11.9 Å². The van der Waals surface area contributed by atoms with Crippen LogP contribution in [-0.4, -0.2) is 48.2 Å². The number of amides is 1. The van der Waals surface area contributed by atoms with Gasteiger partial charge in [-0.15, -0.1) is 0 Å². The van der Waals surface area contributed by atoms with Crippen LogP contribution in [0.25, 0.3) is 0 Å². The molecule has 1 aliphatic carbocycles. The molecule has 0 spiro atoms. The summed E-state index contributed by atoms with van der Waals surface area (Å²) < 4.78 is 4.74. The predicted octanol–water partition coefficient (Wildman–Crippen LogP) is 0.344. The average Bonchev–Trinajstić information content (AvgIpc) is 2.98. The van der Waals surface area contributed by atoms with E-state index < -0.39 is 12.6 Å². The third kappa shape index (κ3) is 3.87. The van der Waals surface area contributed by atoms with Gasteiger partial charge in [0.1, 0.15) is 13.2 Å². The summed E-state index contributed by atoms with van der Waals surface area (Å²) in [5, 5.41) is 8.32. The summed E-state index contributed by atoms with van der Waals surface area (Å²) in [6.07, 6.45) is 2.35. The molecule has 1 amide bonds. The van der Waals surface area contributed by atoms with Crippen molar-refractivity contribution >= 4 is 11.9 Å².